The number of hydrogen-bond acceptors (Lipinski definition) is 2. The van der Waals surface area contributed by atoms with Crippen LogP contribution in [0.3, 0.4) is 0 Å². The molecule has 0 rings (SSSR count). The van der Waals surface area contributed by atoms with Gasteiger partial charge in [0.05, 0.1) is 21.1 Å². The molecule has 0 spiro atoms. The number of likely N-dealkylation sites (N-methyl/N-ethyl adjacent to an activating group) is 1. The Hall–Kier alpha value is -0.450. The summed E-state index contributed by atoms with van der Waals surface area (Å²) in [6, 6.07) is 0. The fraction of sp³-hybridized carbons (Fsp3) is 0.826. The van der Waals surface area contributed by atoms with Crippen LogP contribution in [0.25, 0.3) is 0 Å². The van der Waals surface area contributed by atoms with E-state index in [0.717, 1.165) is 38.5 Å². The Kier molecular flexibility index (Phi) is 15.1. The summed E-state index contributed by atoms with van der Waals surface area (Å²) in [6.45, 7) is 2.27. The molecule has 0 aromatic heterocycles. The second kappa shape index (κ2) is 15.4. The van der Waals surface area contributed by atoms with Crippen LogP contribution in [-0.2, 0) is 4.57 Å². The molecule has 29 heavy (non-hydrogen) atoms. The molecule has 6 heteroatoms. The second-order valence-electron chi connectivity index (χ2n) is 9.30. The maximum Gasteiger partial charge on any atom is 0.362 e. The third-order valence-corrected chi connectivity index (χ3v) is 6.47. The lowest BCUT2D eigenvalue weighted by molar-refractivity contribution is -0.875. The van der Waals surface area contributed by atoms with Gasteiger partial charge in [-0.15, -0.1) is 0 Å². The van der Waals surface area contributed by atoms with Gasteiger partial charge in [0.15, 0.2) is 0 Å². The predicted molar refractivity (Wildman–Crippen MR) is 124 cm³/mol. The van der Waals surface area contributed by atoms with Crippen LogP contribution in [0.4, 0.5) is 0 Å². The van der Waals surface area contributed by atoms with Gasteiger partial charge in [0.2, 0.25) is 5.34 Å². The molecule has 0 saturated heterocycles. The largest absolute Gasteiger partial charge is 0.373 e. The predicted octanol–water partition coefficient (Wildman–Crippen LogP) is 5.76. The zero-order valence-corrected chi connectivity index (χ0v) is 20.2. The first-order valence-corrected chi connectivity index (χ1v) is 13.0. The average Bonchev–Trinajstić information content (AvgIpc) is 2.59. The number of rotatable bonds is 18. The second-order valence-corrected chi connectivity index (χ2v) is 11.2. The van der Waals surface area contributed by atoms with Crippen LogP contribution in [0.2, 0.25) is 0 Å². The van der Waals surface area contributed by atoms with Crippen molar-refractivity contribution in [1.82, 2.24) is 0 Å². The van der Waals surface area contributed by atoms with Crippen molar-refractivity contribution in [3.05, 3.63) is 24.3 Å². The minimum atomic E-state index is -4.55. The topological polar surface area (TPSA) is 77.8 Å². The molecule has 1 atom stereocenters. The fourth-order valence-electron chi connectivity index (χ4n) is 3.42. The summed E-state index contributed by atoms with van der Waals surface area (Å²) < 4.78 is 12.1. The molecule has 0 bridgehead atoms. The van der Waals surface area contributed by atoms with Crippen molar-refractivity contribution in [2.45, 2.75) is 95.7 Å². The lowest BCUT2D eigenvalue weighted by Gasteiger charge is -2.35. The summed E-state index contributed by atoms with van der Waals surface area (Å²) in [4.78, 5) is 19.1. The standard InChI is InChI=1S/C23H46NO4P/c1-5-6-7-8-9-10-11-12-13-14-15-16-17-18-19-20-21-23(25,29(26,27)28)22-24(2,3)4/h8-9,13-14,25H,5-7,10-12,15-22H2,1-4H3,(H-,26,27,28)/p+1/b9-8-,14-13-. The van der Waals surface area contributed by atoms with Gasteiger partial charge in [0, 0.05) is 0 Å². The molecule has 3 N–H and O–H groups in total. The van der Waals surface area contributed by atoms with Crippen molar-refractivity contribution in [3.63, 3.8) is 0 Å². The van der Waals surface area contributed by atoms with Crippen molar-refractivity contribution < 1.29 is 23.9 Å². The van der Waals surface area contributed by atoms with Crippen molar-refractivity contribution >= 4 is 7.60 Å². The van der Waals surface area contributed by atoms with Gasteiger partial charge in [-0.25, -0.2) is 0 Å². The summed E-state index contributed by atoms with van der Waals surface area (Å²) in [6.07, 6.45) is 22.5. The number of quaternary nitrogens is 1. The van der Waals surface area contributed by atoms with E-state index in [0.29, 0.717) is 10.9 Å². The molecule has 0 radical (unpaired) electrons. The normalized spacial score (nSPS) is 15.4. The van der Waals surface area contributed by atoms with Crippen LogP contribution in [0, 0.1) is 0 Å². The maximum absolute atomic E-state index is 11.7. The molecule has 0 saturated carbocycles. The van der Waals surface area contributed by atoms with Crippen LogP contribution in [0.15, 0.2) is 24.3 Å². The molecule has 5 nitrogen and oxygen atoms in total. The van der Waals surface area contributed by atoms with E-state index >= 15 is 0 Å². The number of nitrogens with zero attached hydrogens (tertiary/aromatic N) is 1. The molecule has 0 aliphatic carbocycles. The summed E-state index contributed by atoms with van der Waals surface area (Å²) >= 11 is 0. The molecule has 0 aliphatic heterocycles. The van der Waals surface area contributed by atoms with E-state index in [2.05, 4.69) is 31.2 Å². The third kappa shape index (κ3) is 16.0. The SMILES string of the molecule is CCCC/C=C\CCC/C=C\CCCCCCCC(O)(C[N+](C)(C)C)P(=O)(O)O. The Labute approximate surface area is 179 Å². The summed E-state index contributed by atoms with van der Waals surface area (Å²) in [5.41, 5.74) is 0. The molecule has 1 unspecified atom stereocenters. The van der Waals surface area contributed by atoms with E-state index in [-0.39, 0.29) is 13.0 Å². The van der Waals surface area contributed by atoms with E-state index in [1.54, 1.807) is 0 Å². The Morgan fingerprint density at radius 2 is 1.21 bits per heavy atom. The van der Waals surface area contributed by atoms with Gasteiger partial charge < -0.3 is 19.4 Å². The van der Waals surface area contributed by atoms with Gasteiger partial charge >= 0.3 is 7.60 Å². The molecule has 0 amide bonds. The zero-order valence-electron chi connectivity index (χ0n) is 19.4. The van der Waals surface area contributed by atoms with Crippen LogP contribution < -0.4 is 0 Å². The molecule has 0 aromatic rings. The van der Waals surface area contributed by atoms with Gasteiger partial charge in [-0.3, -0.25) is 4.57 Å². The van der Waals surface area contributed by atoms with E-state index in [4.69, 9.17) is 0 Å². The quantitative estimate of drug-likeness (QED) is 0.111. The average molecular weight is 433 g/mol. The van der Waals surface area contributed by atoms with Crippen molar-refractivity contribution in [1.29, 1.82) is 0 Å². The van der Waals surface area contributed by atoms with Gasteiger partial charge in [0.1, 0.15) is 6.54 Å². The highest BCUT2D eigenvalue weighted by atomic mass is 31.2. The molecular weight excluding hydrogens is 385 g/mol. The van der Waals surface area contributed by atoms with E-state index in [1.165, 1.54) is 32.1 Å². The summed E-state index contributed by atoms with van der Waals surface area (Å²) in [5.74, 6) is 0. The lowest BCUT2D eigenvalue weighted by atomic mass is 10.1. The van der Waals surface area contributed by atoms with Crippen LogP contribution in [0.1, 0.15) is 90.4 Å². The minimum Gasteiger partial charge on any atom is -0.373 e. The summed E-state index contributed by atoms with van der Waals surface area (Å²) in [7, 11) is 0.948. The first-order chi connectivity index (χ1) is 13.5. The first kappa shape index (κ1) is 28.5. The van der Waals surface area contributed by atoms with Crippen molar-refractivity contribution in [2.75, 3.05) is 27.7 Å². The molecule has 0 fully saturated rings. The minimum absolute atomic E-state index is 0.0522. The Balaban J connectivity index is 3.78. The van der Waals surface area contributed by atoms with Gasteiger partial charge in [0.25, 0.3) is 0 Å². The van der Waals surface area contributed by atoms with Crippen molar-refractivity contribution in [3.8, 4) is 0 Å². The van der Waals surface area contributed by atoms with Crippen LogP contribution in [0.5, 0.6) is 0 Å². The third-order valence-electron chi connectivity index (χ3n) is 5.02. The van der Waals surface area contributed by atoms with Crippen LogP contribution >= 0.6 is 7.60 Å². The number of allylic oxidation sites excluding steroid dienone is 4. The van der Waals surface area contributed by atoms with Gasteiger partial charge in [-0.1, -0.05) is 63.3 Å². The number of aliphatic hydroxyl groups is 1. The van der Waals surface area contributed by atoms with E-state index in [1.807, 2.05) is 21.1 Å². The van der Waals surface area contributed by atoms with Crippen molar-refractivity contribution in [2.24, 2.45) is 0 Å². The Bertz CT molecular complexity index is 507. The molecule has 172 valence electrons. The number of unbranched alkanes of at least 4 members (excludes halogenated alkanes) is 9. The van der Waals surface area contributed by atoms with E-state index in [9.17, 15) is 19.5 Å². The van der Waals surface area contributed by atoms with E-state index < -0.39 is 12.9 Å². The smallest absolute Gasteiger partial charge is 0.362 e. The molecule has 0 heterocycles. The monoisotopic (exact) mass is 432 g/mol. The number of hydrogen-bond donors (Lipinski definition) is 3. The maximum atomic E-state index is 11.7. The fourth-order valence-corrected chi connectivity index (χ4v) is 4.48. The summed E-state index contributed by atoms with van der Waals surface area (Å²) in [5, 5.41) is 8.59. The Morgan fingerprint density at radius 3 is 1.69 bits per heavy atom. The highest BCUT2D eigenvalue weighted by Crippen LogP contribution is 2.52. The van der Waals surface area contributed by atoms with Gasteiger partial charge in [-0.2, -0.15) is 0 Å². The highest BCUT2D eigenvalue weighted by molar-refractivity contribution is 7.53. The molecular formula is C23H47NO4P+. The van der Waals surface area contributed by atoms with Crippen LogP contribution in [-0.4, -0.2) is 52.4 Å². The highest BCUT2D eigenvalue weighted by Gasteiger charge is 2.48. The first-order valence-electron chi connectivity index (χ1n) is 11.4. The molecule has 0 aliphatic rings. The Morgan fingerprint density at radius 1 is 0.759 bits per heavy atom. The van der Waals surface area contributed by atoms with Gasteiger partial charge in [-0.05, 0) is 51.4 Å². The molecule has 0 aromatic carbocycles. The zero-order chi connectivity index (χ0) is 22.2. The lowest BCUT2D eigenvalue weighted by Crippen LogP contribution is -2.49.